The monoisotopic (exact) mass is 258 g/mol. The summed E-state index contributed by atoms with van der Waals surface area (Å²) in [5, 5.41) is 0. The van der Waals surface area contributed by atoms with E-state index in [1.807, 2.05) is 18.2 Å². The minimum atomic E-state index is 0.374. The summed E-state index contributed by atoms with van der Waals surface area (Å²) in [5.41, 5.74) is 3.04. The molecule has 0 radical (unpaired) electrons. The summed E-state index contributed by atoms with van der Waals surface area (Å²) in [4.78, 5) is 8.36. The van der Waals surface area contributed by atoms with E-state index in [4.69, 9.17) is 9.47 Å². The molecular formula is C15H18N2O2. The Morgan fingerprint density at radius 2 is 1.84 bits per heavy atom. The molecule has 0 saturated carbocycles. The molecule has 0 aliphatic carbocycles. The van der Waals surface area contributed by atoms with Gasteiger partial charge in [0.15, 0.2) is 0 Å². The first-order valence-electron chi connectivity index (χ1n) is 6.21. The Morgan fingerprint density at radius 3 is 2.47 bits per heavy atom. The van der Waals surface area contributed by atoms with Crippen molar-refractivity contribution in [2.45, 2.75) is 19.8 Å². The molecule has 0 spiro atoms. The van der Waals surface area contributed by atoms with Gasteiger partial charge in [0.05, 0.1) is 19.9 Å². The highest BCUT2D eigenvalue weighted by molar-refractivity contribution is 5.62. The van der Waals surface area contributed by atoms with Crippen LogP contribution in [0, 0.1) is 0 Å². The lowest BCUT2D eigenvalue weighted by Gasteiger charge is -2.13. The minimum absolute atomic E-state index is 0.374. The van der Waals surface area contributed by atoms with Crippen molar-refractivity contribution in [2.24, 2.45) is 0 Å². The van der Waals surface area contributed by atoms with E-state index in [0.29, 0.717) is 11.9 Å². The van der Waals surface area contributed by atoms with Gasteiger partial charge in [-0.25, -0.2) is 4.98 Å². The smallest absolute Gasteiger partial charge is 0.316 e. The van der Waals surface area contributed by atoms with E-state index in [2.05, 4.69) is 29.9 Å². The van der Waals surface area contributed by atoms with Crippen molar-refractivity contribution in [3.8, 4) is 23.0 Å². The number of aromatic nitrogens is 2. The molecule has 2 rings (SSSR count). The predicted octanol–water partition coefficient (Wildman–Crippen LogP) is 3.28. The van der Waals surface area contributed by atoms with Crippen LogP contribution in [0.25, 0.3) is 11.3 Å². The lowest BCUT2D eigenvalue weighted by atomic mass is 9.98. The average molecular weight is 258 g/mol. The number of hydrogen-bond acceptors (Lipinski definition) is 4. The third-order valence-corrected chi connectivity index (χ3v) is 2.96. The van der Waals surface area contributed by atoms with Gasteiger partial charge in [-0.15, -0.1) is 0 Å². The number of methoxy groups -OCH3 is 2. The van der Waals surface area contributed by atoms with Crippen LogP contribution < -0.4 is 9.47 Å². The van der Waals surface area contributed by atoms with Crippen LogP contribution in [0.2, 0.25) is 0 Å². The van der Waals surface area contributed by atoms with Crippen LogP contribution in [-0.4, -0.2) is 24.2 Å². The molecule has 0 bridgehead atoms. The van der Waals surface area contributed by atoms with Crippen LogP contribution in [0.15, 0.2) is 30.5 Å². The molecule has 4 heteroatoms. The molecule has 0 saturated heterocycles. The first-order chi connectivity index (χ1) is 9.15. The third-order valence-electron chi connectivity index (χ3n) is 2.96. The van der Waals surface area contributed by atoms with Gasteiger partial charge in [-0.3, -0.25) is 0 Å². The molecule has 19 heavy (non-hydrogen) atoms. The fraction of sp³-hybridized carbons (Fsp3) is 0.333. The molecule has 0 unspecified atom stereocenters. The Morgan fingerprint density at radius 1 is 1.05 bits per heavy atom. The van der Waals surface area contributed by atoms with Crippen LogP contribution in [0.5, 0.6) is 11.8 Å². The minimum Gasteiger partial charge on any atom is -0.496 e. The molecule has 1 aromatic heterocycles. The van der Waals surface area contributed by atoms with E-state index in [9.17, 15) is 0 Å². The van der Waals surface area contributed by atoms with Gasteiger partial charge in [0, 0.05) is 11.8 Å². The van der Waals surface area contributed by atoms with Gasteiger partial charge in [0.1, 0.15) is 5.75 Å². The maximum atomic E-state index is 5.38. The Balaban J connectivity index is 2.47. The van der Waals surface area contributed by atoms with E-state index < -0.39 is 0 Å². The lowest BCUT2D eigenvalue weighted by molar-refractivity contribution is 0.380. The predicted molar refractivity (Wildman–Crippen MR) is 74.7 cm³/mol. The van der Waals surface area contributed by atoms with Crippen LogP contribution in [0.4, 0.5) is 0 Å². The fourth-order valence-corrected chi connectivity index (χ4v) is 1.94. The van der Waals surface area contributed by atoms with Crippen molar-refractivity contribution in [3.63, 3.8) is 0 Å². The number of nitrogens with zero attached hydrogens (tertiary/aromatic N) is 2. The zero-order valence-corrected chi connectivity index (χ0v) is 11.7. The van der Waals surface area contributed by atoms with Crippen LogP contribution in [0.1, 0.15) is 25.3 Å². The second-order valence-electron chi connectivity index (χ2n) is 4.54. The second-order valence-corrected chi connectivity index (χ2v) is 4.54. The number of hydrogen-bond donors (Lipinski definition) is 0. The van der Waals surface area contributed by atoms with Crippen molar-refractivity contribution in [2.75, 3.05) is 14.2 Å². The van der Waals surface area contributed by atoms with Gasteiger partial charge < -0.3 is 9.47 Å². The van der Waals surface area contributed by atoms with Gasteiger partial charge >= 0.3 is 6.01 Å². The Hall–Kier alpha value is -2.10. The summed E-state index contributed by atoms with van der Waals surface area (Å²) in [5.74, 6) is 1.29. The summed E-state index contributed by atoms with van der Waals surface area (Å²) in [6.45, 7) is 4.28. The zero-order chi connectivity index (χ0) is 13.8. The number of ether oxygens (including phenoxy) is 2. The maximum Gasteiger partial charge on any atom is 0.316 e. The van der Waals surface area contributed by atoms with E-state index >= 15 is 0 Å². The van der Waals surface area contributed by atoms with Crippen molar-refractivity contribution >= 4 is 0 Å². The maximum absolute atomic E-state index is 5.38. The molecule has 0 fully saturated rings. The Bertz CT molecular complexity index is 568. The molecule has 0 atom stereocenters. The molecule has 0 amide bonds. The number of benzene rings is 1. The van der Waals surface area contributed by atoms with E-state index in [0.717, 1.165) is 22.6 Å². The van der Waals surface area contributed by atoms with Crippen molar-refractivity contribution in [1.29, 1.82) is 0 Å². The Kier molecular flexibility index (Phi) is 4.00. The Labute approximate surface area is 113 Å². The normalized spacial score (nSPS) is 10.6. The molecule has 1 aromatic carbocycles. The molecular weight excluding hydrogens is 240 g/mol. The van der Waals surface area contributed by atoms with Gasteiger partial charge in [0.25, 0.3) is 0 Å². The average Bonchev–Trinajstić information content (AvgIpc) is 2.46. The van der Waals surface area contributed by atoms with Crippen LogP contribution in [0.3, 0.4) is 0 Å². The second kappa shape index (κ2) is 5.69. The summed E-state index contributed by atoms with van der Waals surface area (Å²) in [6, 6.07) is 8.31. The zero-order valence-electron chi connectivity index (χ0n) is 11.7. The first-order valence-corrected chi connectivity index (χ1v) is 6.21. The topological polar surface area (TPSA) is 44.2 Å². The fourth-order valence-electron chi connectivity index (χ4n) is 1.94. The third kappa shape index (κ3) is 2.84. The van der Waals surface area contributed by atoms with Crippen LogP contribution in [-0.2, 0) is 0 Å². The summed E-state index contributed by atoms with van der Waals surface area (Å²) >= 11 is 0. The lowest BCUT2D eigenvalue weighted by Crippen LogP contribution is -1.97. The van der Waals surface area contributed by atoms with Gasteiger partial charge in [-0.1, -0.05) is 13.8 Å². The molecule has 100 valence electrons. The highest BCUT2D eigenvalue weighted by Gasteiger charge is 2.10. The number of rotatable bonds is 4. The van der Waals surface area contributed by atoms with E-state index in [-0.39, 0.29) is 0 Å². The van der Waals surface area contributed by atoms with Gasteiger partial charge in [-0.2, -0.15) is 4.98 Å². The largest absolute Gasteiger partial charge is 0.496 e. The van der Waals surface area contributed by atoms with Crippen molar-refractivity contribution < 1.29 is 9.47 Å². The molecule has 0 aliphatic rings. The van der Waals surface area contributed by atoms with E-state index in [1.165, 1.54) is 0 Å². The van der Waals surface area contributed by atoms with Crippen molar-refractivity contribution in [1.82, 2.24) is 9.97 Å². The van der Waals surface area contributed by atoms with Crippen molar-refractivity contribution in [3.05, 3.63) is 36.0 Å². The molecule has 0 N–H and O–H groups in total. The van der Waals surface area contributed by atoms with Crippen LogP contribution >= 0.6 is 0 Å². The summed E-state index contributed by atoms with van der Waals surface area (Å²) < 4.78 is 10.4. The summed E-state index contributed by atoms with van der Waals surface area (Å²) in [7, 11) is 3.25. The molecule has 1 heterocycles. The quantitative estimate of drug-likeness (QED) is 0.844. The molecule has 0 aliphatic heterocycles. The molecule has 2 aromatic rings. The first kappa shape index (κ1) is 13.3. The highest BCUT2D eigenvalue weighted by atomic mass is 16.5. The van der Waals surface area contributed by atoms with Gasteiger partial charge in [-0.05, 0) is 35.7 Å². The summed E-state index contributed by atoms with van der Waals surface area (Å²) in [6.07, 6.45) is 1.69. The standard InChI is InChI=1S/C15H18N2O2/c1-10(2)12-9-11(5-6-14(12)18-3)13-7-8-16-15(17-13)19-4/h5-10H,1-4H3. The molecule has 4 nitrogen and oxygen atoms in total. The van der Waals surface area contributed by atoms with Gasteiger partial charge in [0.2, 0.25) is 0 Å². The van der Waals surface area contributed by atoms with E-state index in [1.54, 1.807) is 20.4 Å². The SMILES string of the molecule is COc1nccc(-c2ccc(OC)c(C(C)C)c2)n1. The highest BCUT2D eigenvalue weighted by Crippen LogP contribution is 2.31.